The summed E-state index contributed by atoms with van der Waals surface area (Å²) in [7, 11) is -0.855. The van der Waals surface area contributed by atoms with Gasteiger partial charge in [-0.1, -0.05) is 29.2 Å². The maximum atomic E-state index is 12.7. The number of carbonyl (C=O) groups is 1. The zero-order valence-electron chi connectivity index (χ0n) is 16.4. The maximum absolute atomic E-state index is 12.7. The van der Waals surface area contributed by atoms with Gasteiger partial charge in [-0.05, 0) is 19.1 Å². The number of carbonyl (C=O) groups excluding carboxylic acids is 1. The molecule has 9 nitrogen and oxygen atoms in total. The monoisotopic (exact) mass is 458 g/mol. The van der Waals surface area contributed by atoms with E-state index in [-0.39, 0.29) is 10.8 Å². The SMILES string of the molecule is C=CCSc1nnc(NC(=O)[C@@H](C)N(c2ccc(OC)c(OC)c2)S(C)(=O)=O)s1. The van der Waals surface area contributed by atoms with Gasteiger partial charge in [0.1, 0.15) is 6.04 Å². The number of nitrogens with zero attached hydrogens (tertiary/aromatic N) is 3. The molecular formula is C17H22N4O5S3. The summed E-state index contributed by atoms with van der Waals surface area (Å²) in [5, 5.41) is 10.8. The summed E-state index contributed by atoms with van der Waals surface area (Å²) < 4.78 is 37.0. The minimum absolute atomic E-state index is 0.271. The molecule has 0 unspecified atom stereocenters. The minimum Gasteiger partial charge on any atom is -0.493 e. The van der Waals surface area contributed by atoms with Crippen LogP contribution in [-0.2, 0) is 14.8 Å². The lowest BCUT2D eigenvalue weighted by Crippen LogP contribution is -2.45. The fourth-order valence-electron chi connectivity index (χ4n) is 2.43. The summed E-state index contributed by atoms with van der Waals surface area (Å²) in [6, 6.07) is 3.57. The van der Waals surface area contributed by atoms with Crippen LogP contribution in [0.1, 0.15) is 6.92 Å². The van der Waals surface area contributed by atoms with Crippen molar-refractivity contribution in [1.82, 2.24) is 10.2 Å². The van der Waals surface area contributed by atoms with Crippen molar-refractivity contribution in [1.29, 1.82) is 0 Å². The van der Waals surface area contributed by atoms with E-state index in [2.05, 4.69) is 22.1 Å². The molecule has 1 aromatic carbocycles. The van der Waals surface area contributed by atoms with Crippen LogP contribution in [0.2, 0.25) is 0 Å². The third-order valence-corrected chi connectivity index (χ3v) is 6.88. The lowest BCUT2D eigenvalue weighted by Gasteiger charge is -2.28. The summed E-state index contributed by atoms with van der Waals surface area (Å²) in [6.45, 7) is 5.12. The molecule has 0 fully saturated rings. The van der Waals surface area contributed by atoms with E-state index in [0.29, 0.717) is 21.6 Å². The molecule has 0 aliphatic carbocycles. The van der Waals surface area contributed by atoms with E-state index in [4.69, 9.17) is 9.47 Å². The van der Waals surface area contributed by atoms with Gasteiger partial charge < -0.3 is 9.47 Å². The molecule has 0 aliphatic rings. The van der Waals surface area contributed by atoms with Crippen LogP contribution >= 0.6 is 23.1 Å². The first-order chi connectivity index (χ1) is 13.7. The Balaban J connectivity index is 2.27. The average Bonchev–Trinajstić information content (AvgIpc) is 3.12. The molecule has 1 amide bonds. The Morgan fingerprint density at radius 3 is 2.62 bits per heavy atom. The van der Waals surface area contributed by atoms with E-state index in [1.807, 2.05) is 0 Å². The van der Waals surface area contributed by atoms with Crippen molar-refractivity contribution >= 4 is 49.8 Å². The van der Waals surface area contributed by atoms with Gasteiger partial charge >= 0.3 is 0 Å². The molecule has 1 atom stereocenters. The van der Waals surface area contributed by atoms with Gasteiger partial charge in [0.15, 0.2) is 15.8 Å². The largest absolute Gasteiger partial charge is 0.493 e. The topological polar surface area (TPSA) is 111 Å². The van der Waals surface area contributed by atoms with Crippen LogP contribution in [0, 0.1) is 0 Å². The Bertz CT molecular complexity index is 977. The molecule has 0 aliphatic heterocycles. The zero-order valence-corrected chi connectivity index (χ0v) is 18.9. The van der Waals surface area contributed by atoms with Gasteiger partial charge in [0.2, 0.25) is 21.1 Å². The number of hydrogen-bond acceptors (Lipinski definition) is 9. The smallest absolute Gasteiger partial charge is 0.249 e. The Hall–Kier alpha value is -2.31. The Morgan fingerprint density at radius 1 is 1.34 bits per heavy atom. The van der Waals surface area contributed by atoms with Gasteiger partial charge in [-0.2, -0.15) is 0 Å². The van der Waals surface area contributed by atoms with Gasteiger partial charge in [0, 0.05) is 11.8 Å². The molecular weight excluding hydrogens is 436 g/mol. The second-order valence-corrected chi connectivity index (χ2v) is 9.84. The van der Waals surface area contributed by atoms with Crippen molar-refractivity contribution in [2.75, 3.05) is 35.9 Å². The predicted octanol–water partition coefficient (Wildman–Crippen LogP) is 2.63. The molecule has 0 spiro atoms. The number of rotatable bonds is 10. The number of thioether (sulfide) groups is 1. The summed E-state index contributed by atoms with van der Waals surface area (Å²) >= 11 is 2.64. The highest BCUT2D eigenvalue weighted by atomic mass is 32.2. The molecule has 29 heavy (non-hydrogen) atoms. The molecule has 2 aromatic rings. The van der Waals surface area contributed by atoms with E-state index in [1.165, 1.54) is 50.3 Å². The number of aromatic nitrogens is 2. The molecule has 1 aromatic heterocycles. The van der Waals surface area contributed by atoms with Gasteiger partial charge in [-0.25, -0.2) is 8.42 Å². The predicted molar refractivity (Wildman–Crippen MR) is 116 cm³/mol. The quantitative estimate of drug-likeness (QED) is 0.329. The highest BCUT2D eigenvalue weighted by molar-refractivity contribution is 8.01. The van der Waals surface area contributed by atoms with Crippen molar-refractivity contribution in [2.24, 2.45) is 0 Å². The average molecular weight is 459 g/mol. The normalized spacial score (nSPS) is 12.1. The van der Waals surface area contributed by atoms with Crippen molar-refractivity contribution in [3.63, 3.8) is 0 Å². The molecule has 2 rings (SSSR count). The number of sulfonamides is 1. The molecule has 0 bridgehead atoms. The van der Waals surface area contributed by atoms with Crippen LogP contribution in [0.3, 0.4) is 0 Å². The maximum Gasteiger partial charge on any atom is 0.249 e. The number of methoxy groups -OCH3 is 2. The number of benzene rings is 1. The second-order valence-electron chi connectivity index (χ2n) is 5.74. The van der Waals surface area contributed by atoms with Crippen LogP contribution in [-0.4, -0.2) is 56.8 Å². The van der Waals surface area contributed by atoms with Gasteiger partial charge in [0.05, 0.1) is 26.2 Å². The summed E-state index contributed by atoms with van der Waals surface area (Å²) in [6.07, 6.45) is 2.77. The lowest BCUT2D eigenvalue weighted by molar-refractivity contribution is -0.116. The number of hydrogen-bond donors (Lipinski definition) is 1. The number of amides is 1. The molecule has 12 heteroatoms. The number of anilines is 2. The highest BCUT2D eigenvalue weighted by Gasteiger charge is 2.30. The van der Waals surface area contributed by atoms with Gasteiger partial charge in [0.25, 0.3) is 0 Å². The standard InChI is InChI=1S/C17H22N4O5S3/c1-6-9-27-17-20-19-16(28-17)18-15(22)11(2)21(29(5,23)24)12-7-8-13(25-3)14(10-12)26-4/h6-8,10-11H,1,9H2,2-5H3,(H,18,19,22)/t11-/m1/s1. The van der Waals surface area contributed by atoms with E-state index in [1.54, 1.807) is 18.2 Å². The summed E-state index contributed by atoms with van der Waals surface area (Å²) in [5.74, 6) is 0.918. The van der Waals surface area contributed by atoms with Crippen LogP contribution < -0.4 is 19.1 Å². The van der Waals surface area contributed by atoms with Crippen LogP contribution in [0.4, 0.5) is 10.8 Å². The van der Waals surface area contributed by atoms with Gasteiger partial charge in [-0.3, -0.25) is 14.4 Å². The number of ether oxygens (including phenoxy) is 2. The lowest BCUT2D eigenvalue weighted by atomic mass is 10.2. The van der Waals surface area contributed by atoms with E-state index in [0.717, 1.165) is 10.6 Å². The molecule has 1 N–H and O–H groups in total. The van der Waals surface area contributed by atoms with Gasteiger partial charge in [-0.15, -0.1) is 16.8 Å². The Kier molecular flexibility index (Phi) is 7.88. The first-order valence-electron chi connectivity index (χ1n) is 8.30. The molecule has 0 radical (unpaired) electrons. The highest BCUT2D eigenvalue weighted by Crippen LogP contribution is 2.33. The van der Waals surface area contributed by atoms with Crippen molar-refractivity contribution in [2.45, 2.75) is 17.3 Å². The number of nitrogens with one attached hydrogen (secondary N) is 1. The van der Waals surface area contributed by atoms with E-state index >= 15 is 0 Å². The summed E-state index contributed by atoms with van der Waals surface area (Å²) in [5.41, 5.74) is 0.271. The first kappa shape index (κ1) is 23.0. The third kappa shape index (κ3) is 5.84. The Morgan fingerprint density at radius 2 is 2.03 bits per heavy atom. The van der Waals surface area contributed by atoms with E-state index in [9.17, 15) is 13.2 Å². The fourth-order valence-corrected chi connectivity index (χ4v) is 5.11. The zero-order chi connectivity index (χ0) is 21.6. The first-order valence-corrected chi connectivity index (χ1v) is 12.0. The third-order valence-electron chi connectivity index (χ3n) is 3.67. The van der Waals surface area contributed by atoms with Crippen LogP contribution in [0.15, 0.2) is 35.2 Å². The van der Waals surface area contributed by atoms with E-state index < -0.39 is 22.0 Å². The fraction of sp³-hybridized carbons (Fsp3) is 0.353. The van der Waals surface area contributed by atoms with Crippen LogP contribution in [0.25, 0.3) is 0 Å². The second kappa shape index (κ2) is 9.94. The molecule has 1 heterocycles. The summed E-state index contributed by atoms with van der Waals surface area (Å²) in [4.78, 5) is 12.7. The Labute approximate surface area is 178 Å². The minimum atomic E-state index is -3.78. The van der Waals surface area contributed by atoms with Crippen molar-refractivity contribution in [3.05, 3.63) is 30.9 Å². The molecule has 0 saturated heterocycles. The van der Waals surface area contributed by atoms with Crippen molar-refractivity contribution in [3.8, 4) is 11.5 Å². The van der Waals surface area contributed by atoms with Crippen LogP contribution in [0.5, 0.6) is 11.5 Å². The molecule has 158 valence electrons. The molecule has 0 saturated carbocycles. The van der Waals surface area contributed by atoms with Crippen molar-refractivity contribution < 1.29 is 22.7 Å².